The first-order valence-corrected chi connectivity index (χ1v) is 4.01. The van der Waals surface area contributed by atoms with Crippen LogP contribution in [0.3, 0.4) is 0 Å². The lowest BCUT2D eigenvalue weighted by molar-refractivity contribution is -0.115. The molecule has 0 saturated carbocycles. The summed E-state index contributed by atoms with van der Waals surface area (Å²) in [7, 11) is 0. The Morgan fingerprint density at radius 3 is 2.67 bits per heavy atom. The zero-order valence-corrected chi connectivity index (χ0v) is 7.36. The maximum Gasteiger partial charge on any atom is 0.321 e. The maximum absolute atomic E-state index is 10.8. The number of halogens is 1. The van der Waals surface area contributed by atoms with Gasteiger partial charge in [-0.05, 0) is 12.5 Å². The molecule has 0 unspecified atom stereocenters. The molecule has 0 bridgehead atoms. The minimum atomic E-state index is -0.523. The molecule has 0 aromatic carbocycles. The van der Waals surface area contributed by atoms with E-state index in [1.54, 1.807) is 0 Å². The van der Waals surface area contributed by atoms with Gasteiger partial charge in [0, 0.05) is 12.4 Å². The number of hydrogen-bond acceptors (Lipinski definition) is 2. The van der Waals surface area contributed by atoms with Crippen molar-refractivity contribution in [2.45, 2.75) is 6.42 Å². The second-order valence-corrected chi connectivity index (χ2v) is 2.37. The zero-order valence-electron chi connectivity index (χ0n) is 6.60. The van der Waals surface area contributed by atoms with Crippen LogP contribution in [0, 0.1) is 0 Å². The average Bonchev–Trinajstić information content (AvgIpc) is 2.05. The molecule has 5 heteroatoms. The Hall–Kier alpha value is -1.03. The highest BCUT2D eigenvalue weighted by molar-refractivity contribution is 6.17. The number of hydrogen-bond donors (Lipinski definition) is 2. The number of nitrogens with one attached hydrogen (secondary N) is 2. The molecule has 68 valence electrons. The molecule has 0 aromatic heterocycles. The van der Waals surface area contributed by atoms with E-state index in [-0.39, 0.29) is 0 Å². The summed E-state index contributed by atoms with van der Waals surface area (Å²) in [5, 5.41) is 4.48. The Balaban J connectivity index is 3.46. The molecule has 0 saturated heterocycles. The van der Waals surface area contributed by atoms with E-state index < -0.39 is 11.9 Å². The Kier molecular flexibility index (Phi) is 6.09. The van der Waals surface area contributed by atoms with E-state index in [2.05, 4.69) is 11.9 Å². The fourth-order valence-electron chi connectivity index (χ4n) is 0.476. The van der Waals surface area contributed by atoms with Crippen LogP contribution in [0.15, 0.2) is 12.7 Å². The zero-order chi connectivity index (χ0) is 9.40. The molecule has 3 amide bonds. The third kappa shape index (κ3) is 5.73. The Bertz CT molecular complexity index is 182. The van der Waals surface area contributed by atoms with E-state index in [1.807, 2.05) is 5.32 Å². The quantitative estimate of drug-likeness (QED) is 0.388. The number of carbonyl (C=O) groups excluding carboxylic acids is 2. The van der Waals surface area contributed by atoms with Gasteiger partial charge < -0.3 is 5.32 Å². The lowest BCUT2D eigenvalue weighted by Crippen LogP contribution is -2.39. The first-order valence-electron chi connectivity index (χ1n) is 3.48. The van der Waals surface area contributed by atoms with Gasteiger partial charge in [-0.15, -0.1) is 11.6 Å². The predicted molar refractivity (Wildman–Crippen MR) is 47.1 cm³/mol. The SMILES string of the molecule is C=CC(=O)NC(=O)NCCCCl. The summed E-state index contributed by atoms with van der Waals surface area (Å²) in [6.07, 6.45) is 1.71. The average molecular weight is 191 g/mol. The topological polar surface area (TPSA) is 58.2 Å². The van der Waals surface area contributed by atoms with E-state index in [1.165, 1.54) is 0 Å². The molecule has 0 aliphatic rings. The van der Waals surface area contributed by atoms with Crippen molar-refractivity contribution >= 4 is 23.5 Å². The Labute approximate surface area is 76.0 Å². The van der Waals surface area contributed by atoms with E-state index in [4.69, 9.17) is 11.6 Å². The van der Waals surface area contributed by atoms with Crippen molar-refractivity contribution in [1.82, 2.24) is 10.6 Å². The minimum Gasteiger partial charge on any atom is -0.338 e. The maximum atomic E-state index is 10.8. The number of alkyl halides is 1. The summed E-state index contributed by atoms with van der Waals surface area (Å²) in [6, 6.07) is -0.523. The van der Waals surface area contributed by atoms with Crippen LogP contribution in [0.4, 0.5) is 4.79 Å². The molecular weight excluding hydrogens is 180 g/mol. The highest BCUT2D eigenvalue weighted by atomic mass is 35.5. The lowest BCUT2D eigenvalue weighted by Gasteiger charge is -2.02. The van der Waals surface area contributed by atoms with Gasteiger partial charge in [0.1, 0.15) is 0 Å². The molecule has 0 heterocycles. The summed E-state index contributed by atoms with van der Waals surface area (Å²) in [5.41, 5.74) is 0. The van der Waals surface area contributed by atoms with Gasteiger partial charge in [-0.1, -0.05) is 6.58 Å². The molecule has 0 aliphatic carbocycles. The molecular formula is C7H11ClN2O2. The van der Waals surface area contributed by atoms with Gasteiger partial charge in [-0.25, -0.2) is 4.79 Å². The first kappa shape index (κ1) is 11.0. The van der Waals surface area contributed by atoms with Gasteiger partial charge in [-0.2, -0.15) is 0 Å². The number of rotatable bonds is 4. The van der Waals surface area contributed by atoms with Crippen LogP contribution in [0.25, 0.3) is 0 Å². The van der Waals surface area contributed by atoms with Gasteiger partial charge in [0.15, 0.2) is 0 Å². The molecule has 2 N–H and O–H groups in total. The summed E-state index contributed by atoms with van der Waals surface area (Å²) in [4.78, 5) is 21.3. The summed E-state index contributed by atoms with van der Waals surface area (Å²) in [5.74, 6) is -0.0336. The van der Waals surface area contributed by atoms with Crippen LogP contribution in [0.1, 0.15) is 6.42 Å². The monoisotopic (exact) mass is 190 g/mol. The molecule has 4 nitrogen and oxygen atoms in total. The highest BCUT2D eigenvalue weighted by Crippen LogP contribution is 1.80. The van der Waals surface area contributed by atoms with E-state index >= 15 is 0 Å². The summed E-state index contributed by atoms with van der Waals surface area (Å²) >= 11 is 5.36. The van der Waals surface area contributed by atoms with Crippen LogP contribution in [0.2, 0.25) is 0 Å². The van der Waals surface area contributed by atoms with Gasteiger partial charge in [0.05, 0.1) is 0 Å². The number of carbonyl (C=O) groups is 2. The van der Waals surface area contributed by atoms with Crippen molar-refractivity contribution in [2.75, 3.05) is 12.4 Å². The molecule has 0 spiro atoms. The van der Waals surface area contributed by atoms with Crippen LogP contribution in [-0.2, 0) is 4.79 Å². The van der Waals surface area contributed by atoms with Gasteiger partial charge >= 0.3 is 6.03 Å². The molecule has 0 aliphatic heterocycles. The fraction of sp³-hybridized carbons (Fsp3) is 0.429. The van der Waals surface area contributed by atoms with Crippen molar-refractivity contribution < 1.29 is 9.59 Å². The second-order valence-electron chi connectivity index (χ2n) is 1.99. The third-order valence-electron chi connectivity index (χ3n) is 1.02. The highest BCUT2D eigenvalue weighted by Gasteiger charge is 2.01. The van der Waals surface area contributed by atoms with Gasteiger partial charge in [-0.3, -0.25) is 10.1 Å². The van der Waals surface area contributed by atoms with Crippen LogP contribution in [-0.4, -0.2) is 24.4 Å². The van der Waals surface area contributed by atoms with E-state index in [0.29, 0.717) is 18.8 Å². The van der Waals surface area contributed by atoms with Crippen molar-refractivity contribution in [2.24, 2.45) is 0 Å². The summed E-state index contributed by atoms with van der Waals surface area (Å²) < 4.78 is 0. The van der Waals surface area contributed by atoms with Crippen LogP contribution >= 0.6 is 11.6 Å². The van der Waals surface area contributed by atoms with Crippen molar-refractivity contribution in [3.8, 4) is 0 Å². The summed E-state index contributed by atoms with van der Waals surface area (Å²) in [6.45, 7) is 3.66. The first-order chi connectivity index (χ1) is 5.70. The standard InChI is InChI=1S/C7H11ClN2O2/c1-2-6(11)10-7(12)9-5-3-4-8/h2H,1,3-5H2,(H2,9,10,11,12). The second kappa shape index (κ2) is 6.67. The third-order valence-corrected chi connectivity index (χ3v) is 1.29. The molecule has 0 rings (SSSR count). The Morgan fingerprint density at radius 1 is 1.50 bits per heavy atom. The normalized spacial score (nSPS) is 8.75. The van der Waals surface area contributed by atoms with E-state index in [9.17, 15) is 9.59 Å². The van der Waals surface area contributed by atoms with Crippen molar-refractivity contribution in [1.29, 1.82) is 0 Å². The number of amides is 3. The number of imide groups is 1. The van der Waals surface area contributed by atoms with E-state index in [0.717, 1.165) is 6.08 Å². The molecule has 0 aromatic rings. The molecule has 0 fully saturated rings. The largest absolute Gasteiger partial charge is 0.338 e. The van der Waals surface area contributed by atoms with Crippen molar-refractivity contribution in [3.63, 3.8) is 0 Å². The smallest absolute Gasteiger partial charge is 0.321 e. The fourth-order valence-corrected chi connectivity index (χ4v) is 0.609. The van der Waals surface area contributed by atoms with Gasteiger partial charge in [0.25, 0.3) is 5.91 Å². The Morgan fingerprint density at radius 2 is 2.17 bits per heavy atom. The molecule has 0 atom stereocenters. The lowest BCUT2D eigenvalue weighted by atomic mass is 10.5. The van der Waals surface area contributed by atoms with Crippen LogP contribution < -0.4 is 10.6 Å². The minimum absolute atomic E-state index is 0.458. The number of urea groups is 1. The van der Waals surface area contributed by atoms with Gasteiger partial charge in [0.2, 0.25) is 0 Å². The van der Waals surface area contributed by atoms with Crippen molar-refractivity contribution in [3.05, 3.63) is 12.7 Å². The molecule has 0 radical (unpaired) electrons. The molecule has 12 heavy (non-hydrogen) atoms. The van der Waals surface area contributed by atoms with Crippen LogP contribution in [0.5, 0.6) is 0 Å². The predicted octanol–water partition coefficient (Wildman–Crippen LogP) is 0.627.